The normalized spacial score (nSPS) is 21.6. The molecule has 0 spiro atoms. The summed E-state index contributed by atoms with van der Waals surface area (Å²) < 4.78 is 1.69. The standard InChI is InChI=1S/C11H20N4OS/c1-6(2)15-11(16)9-8(14-15)3-4-17-10(9)7(13)5-12/h6-7,10,14H,3-5,12-13H2,1-2H3. The second-order valence-corrected chi connectivity index (χ2v) is 5.96. The highest BCUT2D eigenvalue weighted by Gasteiger charge is 2.31. The van der Waals surface area contributed by atoms with Crippen LogP contribution in [0.5, 0.6) is 0 Å². The van der Waals surface area contributed by atoms with Gasteiger partial charge in [0.15, 0.2) is 0 Å². The van der Waals surface area contributed by atoms with Gasteiger partial charge in [0.25, 0.3) is 5.56 Å². The van der Waals surface area contributed by atoms with Crippen molar-refractivity contribution in [3.8, 4) is 0 Å². The van der Waals surface area contributed by atoms with Gasteiger partial charge < -0.3 is 11.5 Å². The summed E-state index contributed by atoms with van der Waals surface area (Å²) in [7, 11) is 0. The first-order valence-corrected chi connectivity index (χ1v) is 7.01. The van der Waals surface area contributed by atoms with E-state index in [4.69, 9.17) is 11.5 Å². The minimum absolute atomic E-state index is 0.0347. The van der Waals surface area contributed by atoms with Gasteiger partial charge in [0, 0.05) is 24.3 Å². The molecule has 2 rings (SSSR count). The molecule has 2 atom stereocenters. The minimum Gasteiger partial charge on any atom is -0.329 e. The number of nitrogens with zero attached hydrogens (tertiary/aromatic N) is 1. The Hall–Kier alpha value is -0.720. The zero-order chi connectivity index (χ0) is 12.6. The third-order valence-electron chi connectivity index (χ3n) is 3.14. The predicted octanol–water partition coefficient (Wildman–Crippen LogP) is 0.374. The number of hydrogen-bond donors (Lipinski definition) is 3. The molecule has 0 aromatic carbocycles. The highest BCUT2D eigenvalue weighted by atomic mass is 32.2. The molecule has 0 fully saturated rings. The Balaban J connectivity index is 2.47. The first kappa shape index (κ1) is 12.7. The monoisotopic (exact) mass is 256 g/mol. The molecule has 6 heteroatoms. The van der Waals surface area contributed by atoms with Gasteiger partial charge in [-0.3, -0.25) is 14.6 Å². The molecule has 96 valence electrons. The lowest BCUT2D eigenvalue weighted by Gasteiger charge is -2.25. The van der Waals surface area contributed by atoms with Gasteiger partial charge in [0.05, 0.1) is 10.8 Å². The van der Waals surface area contributed by atoms with E-state index in [1.165, 1.54) is 0 Å². The lowest BCUT2D eigenvalue weighted by molar-refractivity contribution is 0.511. The van der Waals surface area contributed by atoms with Gasteiger partial charge >= 0.3 is 0 Å². The van der Waals surface area contributed by atoms with Crippen molar-refractivity contribution in [3.05, 3.63) is 21.6 Å². The first-order chi connectivity index (χ1) is 8.06. The van der Waals surface area contributed by atoms with Crippen LogP contribution in [0.1, 0.15) is 36.4 Å². The maximum atomic E-state index is 12.3. The number of H-pyrrole nitrogens is 1. The molecule has 0 saturated carbocycles. The molecule has 2 heterocycles. The molecule has 0 aliphatic carbocycles. The minimum atomic E-state index is -0.150. The van der Waals surface area contributed by atoms with Gasteiger partial charge in [-0.05, 0) is 26.0 Å². The van der Waals surface area contributed by atoms with Gasteiger partial charge in [-0.2, -0.15) is 11.8 Å². The number of aryl methyl sites for hydroxylation is 1. The maximum Gasteiger partial charge on any atom is 0.271 e. The summed E-state index contributed by atoms with van der Waals surface area (Å²) in [5, 5.41) is 3.24. The number of aromatic nitrogens is 2. The van der Waals surface area contributed by atoms with Crippen LogP contribution in [0.4, 0.5) is 0 Å². The van der Waals surface area contributed by atoms with Crippen LogP contribution < -0.4 is 17.0 Å². The number of fused-ring (bicyclic) bond motifs is 1. The maximum absolute atomic E-state index is 12.3. The molecule has 17 heavy (non-hydrogen) atoms. The summed E-state index contributed by atoms with van der Waals surface area (Å²) in [5.41, 5.74) is 13.6. The van der Waals surface area contributed by atoms with Gasteiger partial charge in [-0.15, -0.1) is 0 Å². The SMILES string of the molecule is CC(C)n1[nH]c2c(c1=O)C(C(N)CN)SCC2. The molecule has 1 aromatic heterocycles. The van der Waals surface area contributed by atoms with Crippen LogP contribution >= 0.6 is 11.8 Å². The van der Waals surface area contributed by atoms with Crippen molar-refractivity contribution in [3.63, 3.8) is 0 Å². The van der Waals surface area contributed by atoms with E-state index >= 15 is 0 Å². The van der Waals surface area contributed by atoms with E-state index in [0.717, 1.165) is 23.4 Å². The number of rotatable bonds is 3. The molecule has 0 saturated heterocycles. The average Bonchev–Trinajstić information content (AvgIpc) is 2.66. The molecule has 1 aliphatic heterocycles. The summed E-state index contributed by atoms with van der Waals surface area (Å²) in [6.45, 7) is 4.39. The van der Waals surface area contributed by atoms with Crippen LogP contribution in [0, 0.1) is 0 Å². The average molecular weight is 256 g/mol. The van der Waals surface area contributed by atoms with E-state index in [1.807, 2.05) is 13.8 Å². The van der Waals surface area contributed by atoms with Crippen molar-refractivity contribution in [1.82, 2.24) is 9.78 Å². The molecule has 5 nitrogen and oxygen atoms in total. The third kappa shape index (κ3) is 2.17. The topological polar surface area (TPSA) is 89.8 Å². The molecular formula is C11H20N4OS. The zero-order valence-corrected chi connectivity index (χ0v) is 11.1. The first-order valence-electron chi connectivity index (χ1n) is 5.96. The molecule has 0 radical (unpaired) electrons. The number of aromatic amines is 1. The number of nitrogens with one attached hydrogen (secondary N) is 1. The van der Waals surface area contributed by atoms with Gasteiger partial charge in [0.2, 0.25) is 0 Å². The van der Waals surface area contributed by atoms with Crippen molar-refractivity contribution >= 4 is 11.8 Å². The Labute approximate surface area is 105 Å². The highest BCUT2D eigenvalue weighted by Crippen LogP contribution is 2.36. The third-order valence-corrected chi connectivity index (χ3v) is 4.53. The Bertz CT molecular complexity index is 451. The van der Waals surface area contributed by atoms with E-state index in [0.29, 0.717) is 6.54 Å². The summed E-state index contributed by atoms with van der Waals surface area (Å²) in [6, 6.07) is -0.00369. The Kier molecular flexibility index (Phi) is 3.65. The lowest BCUT2D eigenvalue weighted by Crippen LogP contribution is -2.38. The van der Waals surface area contributed by atoms with Crippen LogP contribution in [0.3, 0.4) is 0 Å². The Morgan fingerprint density at radius 2 is 2.29 bits per heavy atom. The highest BCUT2D eigenvalue weighted by molar-refractivity contribution is 7.99. The number of thioether (sulfide) groups is 1. The summed E-state index contributed by atoms with van der Waals surface area (Å²) in [4.78, 5) is 12.3. The van der Waals surface area contributed by atoms with Crippen LogP contribution in [-0.2, 0) is 6.42 Å². The fraction of sp³-hybridized carbons (Fsp3) is 0.727. The summed E-state index contributed by atoms with van der Waals surface area (Å²) in [5.74, 6) is 0.989. The molecule has 0 bridgehead atoms. The van der Waals surface area contributed by atoms with Crippen molar-refractivity contribution in [1.29, 1.82) is 0 Å². The molecule has 2 unspecified atom stereocenters. The Morgan fingerprint density at radius 1 is 1.59 bits per heavy atom. The van der Waals surface area contributed by atoms with E-state index in [2.05, 4.69) is 5.10 Å². The van der Waals surface area contributed by atoms with Crippen LogP contribution in [0.15, 0.2) is 4.79 Å². The second-order valence-electron chi connectivity index (χ2n) is 4.71. The predicted molar refractivity (Wildman–Crippen MR) is 71.4 cm³/mol. The van der Waals surface area contributed by atoms with E-state index in [1.54, 1.807) is 16.4 Å². The fourth-order valence-electron chi connectivity index (χ4n) is 2.20. The largest absolute Gasteiger partial charge is 0.329 e. The van der Waals surface area contributed by atoms with Crippen molar-refractivity contribution in [2.45, 2.75) is 37.6 Å². The van der Waals surface area contributed by atoms with Gasteiger partial charge in [-0.25, -0.2) is 0 Å². The van der Waals surface area contributed by atoms with Crippen molar-refractivity contribution in [2.75, 3.05) is 12.3 Å². The summed E-state index contributed by atoms with van der Waals surface area (Å²) in [6.07, 6.45) is 0.906. The summed E-state index contributed by atoms with van der Waals surface area (Å²) >= 11 is 1.74. The molecule has 1 aliphatic rings. The molecule has 1 aromatic rings. The molecular weight excluding hydrogens is 236 g/mol. The van der Waals surface area contributed by atoms with Gasteiger partial charge in [0.1, 0.15) is 0 Å². The number of hydrogen-bond acceptors (Lipinski definition) is 4. The quantitative estimate of drug-likeness (QED) is 0.729. The number of nitrogens with two attached hydrogens (primary N) is 2. The second kappa shape index (κ2) is 4.88. The van der Waals surface area contributed by atoms with E-state index in [9.17, 15) is 4.79 Å². The van der Waals surface area contributed by atoms with Crippen LogP contribution in [-0.4, -0.2) is 28.1 Å². The molecule has 0 amide bonds. The van der Waals surface area contributed by atoms with Gasteiger partial charge in [-0.1, -0.05) is 0 Å². The zero-order valence-electron chi connectivity index (χ0n) is 10.3. The smallest absolute Gasteiger partial charge is 0.271 e. The van der Waals surface area contributed by atoms with E-state index < -0.39 is 0 Å². The van der Waals surface area contributed by atoms with Crippen LogP contribution in [0.25, 0.3) is 0 Å². The Morgan fingerprint density at radius 3 is 2.88 bits per heavy atom. The molecule has 5 N–H and O–H groups in total. The lowest BCUT2D eigenvalue weighted by atomic mass is 10.0. The van der Waals surface area contributed by atoms with Crippen molar-refractivity contribution < 1.29 is 0 Å². The van der Waals surface area contributed by atoms with Crippen LogP contribution in [0.2, 0.25) is 0 Å². The van der Waals surface area contributed by atoms with Crippen molar-refractivity contribution in [2.24, 2.45) is 11.5 Å². The fourth-order valence-corrected chi connectivity index (χ4v) is 3.54. The van der Waals surface area contributed by atoms with E-state index in [-0.39, 0.29) is 22.9 Å².